The average molecular weight is 338 g/mol. The first kappa shape index (κ1) is 16.1. The van der Waals surface area contributed by atoms with Gasteiger partial charge < -0.3 is 25.2 Å². The Morgan fingerprint density at radius 2 is 1.80 bits per heavy atom. The second kappa shape index (κ2) is 7.23. The molecular weight excluding hydrogens is 324 g/mol. The van der Waals surface area contributed by atoms with E-state index in [1.54, 1.807) is 42.5 Å². The fraction of sp³-hybridized carbons (Fsp3) is 0.118. The topological polar surface area (TPSA) is 116 Å². The molecule has 0 amide bonds. The Morgan fingerprint density at radius 1 is 1.12 bits per heavy atom. The molecule has 2 aromatic carbocycles. The van der Waals surface area contributed by atoms with Crippen molar-refractivity contribution in [3.63, 3.8) is 0 Å². The van der Waals surface area contributed by atoms with Gasteiger partial charge in [0.1, 0.15) is 6.54 Å². The van der Waals surface area contributed by atoms with Gasteiger partial charge in [-0.2, -0.15) is 5.26 Å². The molecule has 3 N–H and O–H groups in total. The van der Waals surface area contributed by atoms with E-state index in [0.29, 0.717) is 28.4 Å². The number of nitriles is 1. The summed E-state index contributed by atoms with van der Waals surface area (Å²) in [4.78, 5) is 14.8. The van der Waals surface area contributed by atoms with Crippen LogP contribution in [0.5, 0.6) is 11.5 Å². The highest BCUT2D eigenvalue weighted by Gasteiger charge is 2.14. The summed E-state index contributed by atoms with van der Waals surface area (Å²) in [6.07, 6.45) is 0. The number of aliphatic imine (C=N–C) groups is 1. The lowest BCUT2D eigenvalue weighted by Gasteiger charge is -2.13. The minimum absolute atomic E-state index is 0.169. The van der Waals surface area contributed by atoms with E-state index >= 15 is 0 Å². The van der Waals surface area contributed by atoms with Gasteiger partial charge in [-0.15, -0.1) is 0 Å². The van der Waals surface area contributed by atoms with Crippen LogP contribution in [0.2, 0.25) is 0 Å². The third kappa shape index (κ3) is 4.17. The van der Waals surface area contributed by atoms with E-state index in [1.807, 2.05) is 6.07 Å². The normalized spacial score (nSPS) is 12.4. The number of anilines is 2. The van der Waals surface area contributed by atoms with Gasteiger partial charge >= 0.3 is 5.97 Å². The SMILES string of the molecule is N#Cc1ccc(NC(=NCC(=O)O)Nc2ccc3c(c2)OCO3)cc1. The zero-order valence-electron chi connectivity index (χ0n) is 13.0. The van der Waals surface area contributed by atoms with Gasteiger partial charge in [-0.3, -0.25) is 4.79 Å². The molecule has 0 radical (unpaired) electrons. The van der Waals surface area contributed by atoms with Crippen molar-refractivity contribution in [2.24, 2.45) is 4.99 Å². The number of fused-ring (bicyclic) bond motifs is 1. The molecule has 8 nitrogen and oxygen atoms in total. The van der Waals surface area contributed by atoms with Crippen LogP contribution in [0.25, 0.3) is 0 Å². The second-order valence-corrected chi connectivity index (χ2v) is 5.07. The number of carboxylic acid groups (broad SMARTS) is 1. The number of rotatable bonds is 4. The largest absolute Gasteiger partial charge is 0.480 e. The fourth-order valence-electron chi connectivity index (χ4n) is 2.13. The van der Waals surface area contributed by atoms with Gasteiger partial charge in [0.15, 0.2) is 11.5 Å². The maximum atomic E-state index is 10.8. The maximum Gasteiger partial charge on any atom is 0.325 e. The summed E-state index contributed by atoms with van der Waals surface area (Å²) in [5, 5.41) is 23.7. The van der Waals surface area contributed by atoms with Gasteiger partial charge in [-0.05, 0) is 36.4 Å². The Morgan fingerprint density at radius 3 is 2.52 bits per heavy atom. The summed E-state index contributed by atoms with van der Waals surface area (Å²) in [5.74, 6) is 0.452. The predicted molar refractivity (Wildman–Crippen MR) is 90.9 cm³/mol. The highest BCUT2D eigenvalue weighted by Crippen LogP contribution is 2.34. The molecule has 0 unspecified atom stereocenters. The van der Waals surface area contributed by atoms with Crippen molar-refractivity contribution in [1.82, 2.24) is 0 Å². The molecule has 3 rings (SSSR count). The van der Waals surface area contributed by atoms with Crippen LogP contribution in [0, 0.1) is 11.3 Å². The number of aliphatic carboxylic acids is 1. The first-order chi connectivity index (χ1) is 12.1. The van der Waals surface area contributed by atoms with Crippen molar-refractivity contribution >= 4 is 23.3 Å². The van der Waals surface area contributed by atoms with E-state index in [4.69, 9.17) is 19.8 Å². The molecule has 0 saturated heterocycles. The molecular formula is C17H14N4O4. The molecule has 1 heterocycles. The number of hydrogen-bond donors (Lipinski definition) is 3. The van der Waals surface area contributed by atoms with Crippen molar-refractivity contribution < 1.29 is 19.4 Å². The van der Waals surface area contributed by atoms with Gasteiger partial charge in [0.2, 0.25) is 12.8 Å². The van der Waals surface area contributed by atoms with E-state index in [2.05, 4.69) is 15.6 Å². The Hall–Kier alpha value is -3.73. The van der Waals surface area contributed by atoms with E-state index in [1.165, 1.54) is 0 Å². The van der Waals surface area contributed by atoms with Crippen molar-refractivity contribution in [2.75, 3.05) is 24.0 Å². The van der Waals surface area contributed by atoms with E-state index in [0.717, 1.165) is 0 Å². The summed E-state index contributed by atoms with van der Waals surface area (Å²) >= 11 is 0. The minimum Gasteiger partial charge on any atom is -0.480 e. The predicted octanol–water partition coefficient (Wildman–Crippen LogP) is 2.25. The molecule has 0 aromatic heterocycles. The third-order valence-corrected chi connectivity index (χ3v) is 3.28. The number of guanidine groups is 1. The lowest BCUT2D eigenvalue weighted by atomic mass is 10.2. The molecule has 0 spiro atoms. The second-order valence-electron chi connectivity index (χ2n) is 5.07. The first-order valence-corrected chi connectivity index (χ1v) is 7.34. The third-order valence-electron chi connectivity index (χ3n) is 3.28. The summed E-state index contributed by atoms with van der Waals surface area (Å²) in [6.45, 7) is -0.224. The molecule has 0 fully saturated rings. The van der Waals surface area contributed by atoms with Crippen LogP contribution in [-0.2, 0) is 4.79 Å². The van der Waals surface area contributed by atoms with Crippen molar-refractivity contribution in [3.05, 3.63) is 48.0 Å². The van der Waals surface area contributed by atoms with Crippen LogP contribution >= 0.6 is 0 Å². The summed E-state index contributed by atoms with van der Waals surface area (Å²) in [6, 6.07) is 14.0. The molecule has 1 aliphatic rings. The summed E-state index contributed by atoms with van der Waals surface area (Å²) in [5.41, 5.74) is 1.85. The molecule has 0 aliphatic carbocycles. The number of carbonyl (C=O) groups is 1. The van der Waals surface area contributed by atoms with Gasteiger partial charge in [-0.25, -0.2) is 4.99 Å². The van der Waals surface area contributed by atoms with E-state index in [9.17, 15) is 4.79 Å². The molecule has 8 heteroatoms. The summed E-state index contributed by atoms with van der Waals surface area (Å²) in [7, 11) is 0. The van der Waals surface area contributed by atoms with Crippen molar-refractivity contribution in [1.29, 1.82) is 5.26 Å². The molecule has 126 valence electrons. The molecule has 0 atom stereocenters. The minimum atomic E-state index is -1.05. The number of carboxylic acids is 1. The number of nitrogens with zero attached hydrogens (tertiary/aromatic N) is 2. The van der Waals surface area contributed by atoms with Crippen molar-refractivity contribution in [2.45, 2.75) is 0 Å². The van der Waals surface area contributed by atoms with Crippen molar-refractivity contribution in [3.8, 4) is 17.6 Å². The monoisotopic (exact) mass is 338 g/mol. The lowest BCUT2D eigenvalue weighted by Crippen LogP contribution is -2.23. The van der Waals surface area contributed by atoms with Crippen LogP contribution in [-0.4, -0.2) is 30.4 Å². The standard InChI is InChI=1S/C17H14N4O4/c18-8-11-1-3-12(4-2-11)20-17(19-9-16(22)23)21-13-5-6-14-15(7-13)25-10-24-14/h1-7H,9-10H2,(H,22,23)(H2,19,20,21). The maximum absolute atomic E-state index is 10.8. The van der Waals surface area contributed by atoms with Crippen LogP contribution < -0.4 is 20.1 Å². The summed E-state index contributed by atoms with van der Waals surface area (Å²) < 4.78 is 10.6. The lowest BCUT2D eigenvalue weighted by molar-refractivity contribution is -0.135. The van der Waals surface area contributed by atoms with Gasteiger partial charge in [0, 0.05) is 17.4 Å². The number of benzene rings is 2. The van der Waals surface area contributed by atoms with Crippen LogP contribution in [0.3, 0.4) is 0 Å². The number of nitrogens with one attached hydrogen (secondary N) is 2. The van der Waals surface area contributed by atoms with Crippen LogP contribution in [0.15, 0.2) is 47.5 Å². The highest BCUT2D eigenvalue weighted by molar-refractivity contribution is 6.04. The smallest absolute Gasteiger partial charge is 0.325 e. The molecule has 0 bridgehead atoms. The van der Waals surface area contributed by atoms with E-state index in [-0.39, 0.29) is 12.8 Å². The molecule has 25 heavy (non-hydrogen) atoms. The fourth-order valence-corrected chi connectivity index (χ4v) is 2.13. The Bertz CT molecular complexity index is 856. The molecule has 1 aliphatic heterocycles. The Balaban J connectivity index is 1.78. The zero-order valence-corrected chi connectivity index (χ0v) is 13.0. The number of hydrogen-bond acceptors (Lipinski definition) is 5. The Kier molecular flexibility index (Phi) is 4.67. The Labute approximate surface area is 143 Å². The van der Waals surface area contributed by atoms with Crippen LogP contribution in [0.4, 0.5) is 11.4 Å². The van der Waals surface area contributed by atoms with Crippen LogP contribution in [0.1, 0.15) is 5.56 Å². The first-order valence-electron chi connectivity index (χ1n) is 7.34. The highest BCUT2D eigenvalue weighted by atomic mass is 16.7. The molecule has 2 aromatic rings. The van der Waals surface area contributed by atoms with Gasteiger partial charge in [0.25, 0.3) is 0 Å². The number of ether oxygens (including phenoxy) is 2. The average Bonchev–Trinajstić information content (AvgIpc) is 3.08. The van der Waals surface area contributed by atoms with Gasteiger partial charge in [0.05, 0.1) is 11.6 Å². The van der Waals surface area contributed by atoms with E-state index < -0.39 is 12.5 Å². The molecule has 0 saturated carbocycles. The van der Waals surface area contributed by atoms with Gasteiger partial charge in [-0.1, -0.05) is 0 Å². The quantitative estimate of drug-likeness (QED) is 0.578. The zero-order chi connectivity index (χ0) is 17.6.